The summed E-state index contributed by atoms with van der Waals surface area (Å²) >= 11 is 0. The van der Waals surface area contributed by atoms with Gasteiger partial charge in [0.25, 0.3) is 0 Å². The largest absolute Gasteiger partial charge is 0.462 e. The first-order valence-electron chi connectivity index (χ1n) is 17.0. The SMILES string of the molecule is C=CCC[C@H](NC(=O)OCC1c2ccccc2-c2ccccc21)C(=O)OC[C@H](C)NC(=O)[C@H](CC=C)CC(=O)N[C@@H](CO)Cc1ccccc1. The van der Waals surface area contributed by atoms with E-state index >= 15 is 0 Å². The molecule has 0 fully saturated rings. The second-order valence-electron chi connectivity index (χ2n) is 12.5. The summed E-state index contributed by atoms with van der Waals surface area (Å²) in [6, 6.07) is 23.5. The molecule has 0 aromatic heterocycles. The normalized spacial score (nSPS) is 14.1. The topological polar surface area (TPSA) is 143 Å². The van der Waals surface area contributed by atoms with E-state index in [1.165, 1.54) is 0 Å². The van der Waals surface area contributed by atoms with Gasteiger partial charge >= 0.3 is 12.1 Å². The zero-order valence-corrected chi connectivity index (χ0v) is 28.5. The van der Waals surface area contributed by atoms with Crippen molar-refractivity contribution in [1.29, 1.82) is 0 Å². The standard InChI is InChI=1S/C40H47N3O7/c1-4-6-21-36(43-40(48)50-26-35-33-19-12-10-17-31(33)32-18-11-13-20-34(32)35)39(47)49-25-27(3)41-38(46)29(14-5-2)23-37(45)42-30(24-44)22-28-15-8-7-9-16-28/h4-5,7-13,15-20,27,29-30,35-36,44H,1-2,6,14,21-26H2,3H3,(H,41,46)(H,42,45)(H,43,48)/t27-,29+,30+,36-/m0/s1. The maximum atomic E-state index is 13.1. The molecule has 0 spiro atoms. The number of nitrogens with one attached hydrogen (secondary N) is 3. The predicted molar refractivity (Wildman–Crippen MR) is 192 cm³/mol. The Morgan fingerprint density at radius 3 is 2.10 bits per heavy atom. The fourth-order valence-electron chi connectivity index (χ4n) is 6.08. The summed E-state index contributed by atoms with van der Waals surface area (Å²) in [7, 11) is 0. The summed E-state index contributed by atoms with van der Waals surface area (Å²) < 4.78 is 11.1. The fourth-order valence-corrected chi connectivity index (χ4v) is 6.08. The first-order chi connectivity index (χ1) is 24.2. The molecule has 3 aromatic rings. The molecule has 3 aromatic carbocycles. The first kappa shape index (κ1) is 37.6. The summed E-state index contributed by atoms with van der Waals surface area (Å²) in [5, 5.41) is 18.0. The van der Waals surface area contributed by atoms with Crippen molar-refractivity contribution in [1.82, 2.24) is 16.0 Å². The van der Waals surface area contributed by atoms with E-state index in [4.69, 9.17) is 9.47 Å². The van der Waals surface area contributed by atoms with E-state index in [0.717, 1.165) is 27.8 Å². The first-order valence-corrected chi connectivity index (χ1v) is 17.0. The second-order valence-corrected chi connectivity index (χ2v) is 12.5. The molecule has 264 valence electrons. The van der Waals surface area contributed by atoms with E-state index in [2.05, 4.69) is 41.2 Å². The van der Waals surface area contributed by atoms with E-state index in [1.54, 1.807) is 19.1 Å². The van der Waals surface area contributed by atoms with Crippen LogP contribution in [0, 0.1) is 5.92 Å². The predicted octanol–water partition coefficient (Wildman–Crippen LogP) is 5.21. The number of hydrogen-bond donors (Lipinski definition) is 4. The van der Waals surface area contributed by atoms with Crippen LogP contribution in [0.1, 0.15) is 55.2 Å². The highest BCUT2D eigenvalue weighted by atomic mass is 16.6. The number of benzene rings is 3. The van der Waals surface area contributed by atoms with Gasteiger partial charge in [0.2, 0.25) is 11.8 Å². The summed E-state index contributed by atoms with van der Waals surface area (Å²) in [5.41, 5.74) is 5.34. The molecular weight excluding hydrogens is 634 g/mol. The number of ether oxygens (including phenoxy) is 2. The van der Waals surface area contributed by atoms with Gasteiger partial charge in [-0.3, -0.25) is 9.59 Å². The Balaban J connectivity index is 1.26. The van der Waals surface area contributed by atoms with Crippen molar-refractivity contribution >= 4 is 23.9 Å². The summed E-state index contributed by atoms with van der Waals surface area (Å²) in [5.74, 6) is -2.27. The number of carbonyl (C=O) groups is 4. The van der Waals surface area contributed by atoms with Crippen molar-refractivity contribution in [3.8, 4) is 11.1 Å². The van der Waals surface area contributed by atoms with Crippen molar-refractivity contribution in [2.24, 2.45) is 5.92 Å². The number of esters is 1. The van der Waals surface area contributed by atoms with Gasteiger partial charge in [0, 0.05) is 12.3 Å². The second kappa shape index (κ2) is 19.1. The number of aliphatic hydroxyl groups is 1. The van der Waals surface area contributed by atoms with E-state index in [-0.39, 0.29) is 50.9 Å². The third-order valence-corrected chi connectivity index (χ3v) is 8.61. The van der Waals surface area contributed by atoms with Gasteiger partial charge in [0.1, 0.15) is 19.3 Å². The summed E-state index contributed by atoms with van der Waals surface area (Å²) in [4.78, 5) is 51.9. The van der Waals surface area contributed by atoms with Crippen molar-refractivity contribution in [2.45, 2.75) is 63.1 Å². The lowest BCUT2D eigenvalue weighted by Gasteiger charge is -2.22. The lowest BCUT2D eigenvalue weighted by atomic mass is 9.98. The molecule has 4 N–H and O–H groups in total. The zero-order chi connectivity index (χ0) is 35.9. The third kappa shape index (κ3) is 10.6. The van der Waals surface area contributed by atoms with Gasteiger partial charge in [0.15, 0.2) is 0 Å². The fraction of sp³-hybridized carbons (Fsp3) is 0.350. The molecule has 10 heteroatoms. The average Bonchev–Trinajstić information content (AvgIpc) is 3.44. The monoisotopic (exact) mass is 681 g/mol. The van der Waals surface area contributed by atoms with Gasteiger partial charge in [-0.25, -0.2) is 9.59 Å². The van der Waals surface area contributed by atoms with Crippen LogP contribution >= 0.6 is 0 Å². The molecule has 1 aliphatic rings. The molecule has 50 heavy (non-hydrogen) atoms. The van der Waals surface area contributed by atoms with Gasteiger partial charge in [-0.2, -0.15) is 0 Å². The minimum absolute atomic E-state index is 0.101. The number of hydrogen-bond acceptors (Lipinski definition) is 7. The lowest BCUT2D eigenvalue weighted by molar-refractivity contribution is -0.147. The van der Waals surface area contributed by atoms with Crippen molar-refractivity contribution in [3.05, 3.63) is 121 Å². The molecule has 4 rings (SSSR count). The van der Waals surface area contributed by atoms with E-state index < -0.39 is 42.0 Å². The van der Waals surface area contributed by atoms with E-state index in [9.17, 15) is 24.3 Å². The average molecular weight is 682 g/mol. The van der Waals surface area contributed by atoms with Crippen LogP contribution in [-0.2, 0) is 30.3 Å². The lowest BCUT2D eigenvalue weighted by Crippen LogP contribution is -2.45. The van der Waals surface area contributed by atoms with Gasteiger partial charge < -0.3 is 30.5 Å². The quantitative estimate of drug-likeness (QED) is 0.101. The number of carbonyl (C=O) groups excluding carboxylic acids is 4. The number of rotatable bonds is 19. The van der Waals surface area contributed by atoms with E-state index in [1.807, 2.05) is 66.7 Å². The van der Waals surface area contributed by atoms with Crippen LogP contribution in [-0.4, -0.2) is 66.9 Å². The van der Waals surface area contributed by atoms with Crippen LogP contribution in [0.2, 0.25) is 0 Å². The maximum absolute atomic E-state index is 13.1. The van der Waals surface area contributed by atoms with Crippen molar-refractivity contribution < 1.29 is 33.8 Å². The summed E-state index contributed by atoms with van der Waals surface area (Å²) in [6.45, 7) is 8.80. The van der Waals surface area contributed by atoms with Gasteiger partial charge in [0.05, 0.1) is 24.6 Å². The van der Waals surface area contributed by atoms with E-state index in [0.29, 0.717) is 12.8 Å². The Hall–Kier alpha value is -5.22. The highest BCUT2D eigenvalue weighted by molar-refractivity contribution is 5.86. The van der Waals surface area contributed by atoms with Crippen LogP contribution in [0.15, 0.2) is 104 Å². The smallest absolute Gasteiger partial charge is 0.407 e. The molecule has 0 bridgehead atoms. The van der Waals surface area contributed by atoms with Gasteiger partial charge in [-0.15, -0.1) is 13.2 Å². The molecular formula is C40H47N3O7. The van der Waals surface area contributed by atoms with Gasteiger partial charge in [-0.1, -0.05) is 91.0 Å². The number of alkyl carbamates (subject to hydrolysis) is 1. The van der Waals surface area contributed by atoms with Crippen LogP contribution in [0.25, 0.3) is 11.1 Å². The molecule has 0 saturated carbocycles. The Kier molecular flexibility index (Phi) is 14.4. The Bertz CT molecular complexity index is 1580. The van der Waals surface area contributed by atoms with Crippen LogP contribution < -0.4 is 16.0 Å². The third-order valence-electron chi connectivity index (χ3n) is 8.61. The molecule has 0 radical (unpaired) electrons. The minimum atomic E-state index is -0.987. The van der Waals surface area contributed by atoms with Crippen LogP contribution in [0.3, 0.4) is 0 Å². The zero-order valence-electron chi connectivity index (χ0n) is 28.5. The minimum Gasteiger partial charge on any atom is -0.462 e. The maximum Gasteiger partial charge on any atom is 0.407 e. The number of amides is 3. The molecule has 0 aliphatic heterocycles. The molecule has 10 nitrogen and oxygen atoms in total. The molecule has 0 saturated heterocycles. The Morgan fingerprint density at radius 2 is 1.48 bits per heavy atom. The Labute approximate surface area is 294 Å². The van der Waals surface area contributed by atoms with Crippen molar-refractivity contribution in [3.63, 3.8) is 0 Å². The molecule has 0 unspecified atom stereocenters. The summed E-state index contributed by atoms with van der Waals surface area (Å²) in [6.07, 6.45) is 3.76. The van der Waals surface area contributed by atoms with Crippen LogP contribution in [0.4, 0.5) is 4.79 Å². The van der Waals surface area contributed by atoms with Gasteiger partial charge in [-0.05, 0) is 60.4 Å². The highest BCUT2D eigenvalue weighted by Crippen LogP contribution is 2.44. The number of allylic oxidation sites excluding steroid dienone is 2. The van der Waals surface area contributed by atoms with Crippen LogP contribution in [0.5, 0.6) is 0 Å². The molecule has 3 amide bonds. The molecule has 0 heterocycles. The molecule has 4 atom stereocenters. The highest BCUT2D eigenvalue weighted by Gasteiger charge is 2.30. The molecule has 1 aliphatic carbocycles. The number of fused-ring (bicyclic) bond motifs is 3. The Morgan fingerprint density at radius 1 is 0.840 bits per heavy atom. The van der Waals surface area contributed by atoms with Crippen molar-refractivity contribution in [2.75, 3.05) is 19.8 Å². The number of aliphatic hydroxyl groups excluding tert-OH is 1.